The van der Waals surface area contributed by atoms with Crippen molar-refractivity contribution in [1.29, 1.82) is 0 Å². The van der Waals surface area contributed by atoms with Crippen LogP contribution in [0.2, 0.25) is 0 Å². The van der Waals surface area contributed by atoms with Crippen molar-refractivity contribution >= 4 is 5.91 Å². The van der Waals surface area contributed by atoms with E-state index in [0.29, 0.717) is 6.54 Å². The maximum Gasteiger partial charge on any atom is 0.225 e. The first kappa shape index (κ1) is 18.5. The van der Waals surface area contributed by atoms with Crippen molar-refractivity contribution in [2.75, 3.05) is 13.1 Å². The van der Waals surface area contributed by atoms with E-state index in [0.717, 1.165) is 23.4 Å². The molecule has 3 atom stereocenters. The van der Waals surface area contributed by atoms with Crippen molar-refractivity contribution in [3.63, 3.8) is 0 Å². The zero-order valence-electron chi connectivity index (χ0n) is 15.9. The molecule has 0 spiro atoms. The first-order valence-electron chi connectivity index (χ1n) is 9.20. The Morgan fingerprint density at radius 3 is 2.85 bits per heavy atom. The third-order valence-corrected chi connectivity index (χ3v) is 4.79. The molecule has 1 aliphatic heterocycles. The minimum absolute atomic E-state index is 0.0755. The molecule has 2 aromatic rings. The second kappa shape index (κ2) is 7.91. The summed E-state index contributed by atoms with van der Waals surface area (Å²) in [6.07, 6.45) is 3.97. The Balaban J connectivity index is 1.67. The largest absolute Gasteiger partial charge is 0.491 e. The highest BCUT2D eigenvalue weighted by Gasteiger charge is 2.35. The Kier molecular flexibility index (Phi) is 5.61. The van der Waals surface area contributed by atoms with Gasteiger partial charge in [-0.3, -0.25) is 9.48 Å². The average Bonchev–Trinajstić information content (AvgIpc) is 3.23. The fraction of sp³-hybridized carbons (Fsp3) is 0.500. The number of aryl methyl sites for hydroxylation is 1. The fourth-order valence-electron chi connectivity index (χ4n) is 3.47. The Bertz CT molecular complexity index is 756. The summed E-state index contributed by atoms with van der Waals surface area (Å²) in [5.74, 6) is 0.976. The average molecular weight is 356 g/mol. The molecule has 0 saturated carbocycles. The van der Waals surface area contributed by atoms with Crippen LogP contribution in [-0.2, 0) is 11.8 Å². The van der Waals surface area contributed by atoms with E-state index >= 15 is 0 Å². The molecule has 3 rings (SSSR count). The normalized spacial score (nSPS) is 21.0. The van der Waals surface area contributed by atoms with Gasteiger partial charge in [0.2, 0.25) is 5.91 Å². The van der Waals surface area contributed by atoms with Crippen LogP contribution in [0, 0.1) is 5.92 Å². The third-order valence-electron chi connectivity index (χ3n) is 4.79. The third kappa shape index (κ3) is 4.25. The minimum Gasteiger partial charge on any atom is -0.491 e. The van der Waals surface area contributed by atoms with E-state index in [4.69, 9.17) is 4.74 Å². The summed E-state index contributed by atoms with van der Waals surface area (Å²) in [5, 5.41) is 10.7. The summed E-state index contributed by atoms with van der Waals surface area (Å²) >= 11 is 0. The molecule has 140 valence electrons. The van der Waals surface area contributed by atoms with Gasteiger partial charge in [0.05, 0.1) is 24.3 Å². The summed E-state index contributed by atoms with van der Waals surface area (Å²) in [7, 11) is 1.90. The van der Waals surface area contributed by atoms with E-state index in [1.807, 2.05) is 64.5 Å². The molecule has 1 aliphatic rings. The van der Waals surface area contributed by atoms with Gasteiger partial charge in [-0.15, -0.1) is 0 Å². The Morgan fingerprint density at radius 1 is 1.35 bits per heavy atom. The van der Waals surface area contributed by atoms with Crippen molar-refractivity contribution in [3.05, 3.63) is 47.8 Å². The van der Waals surface area contributed by atoms with Crippen LogP contribution in [-0.4, -0.2) is 34.9 Å². The molecule has 6 nitrogen and oxygen atoms in total. The number of ether oxygens (including phenoxy) is 1. The van der Waals surface area contributed by atoms with E-state index in [1.54, 1.807) is 4.68 Å². The number of hydrogen-bond acceptors (Lipinski definition) is 4. The van der Waals surface area contributed by atoms with Gasteiger partial charge < -0.3 is 15.4 Å². The van der Waals surface area contributed by atoms with Gasteiger partial charge in [0.1, 0.15) is 5.75 Å². The van der Waals surface area contributed by atoms with E-state index in [1.165, 1.54) is 0 Å². The number of aromatic nitrogens is 2. The van der Waals surface area contributed by atoms with Crippen LogP contribution in [0.4, 0.5) is 0 Å². The highest BCUT2D eigenvalue weighted by Crippen LogP contribution is 2.29. The van der Waals surface area contributed by atoms with E-state index in [9.17, 15) is 4.79 Å². The van der Waals surface area contributed by atoms with Crippen LogP contribution in [0.5, 0.6) is 5.75 Å². The van der Waals surface area contributed by atoms with Gasteiger partial charge in [-0.25, -0.2) is 0 Å². The molecule has 0 aliphatic carbocycles. The summed E-state index contributed by atoms with van der Waals surface area (Å²) in [6, 6.07) is 7.84. The van der Waals surface area contributed by atoms with Gasteiger partial charge >= 0.3 is 0 Å². The van der Waals surface area contributed by atoms with Crippen LogP contribution >= 0.6 is 0 Å². The lowest BCUT2D eigenvalue weighted by atomic mass is 9.90. The number of carbonyl (C=O) groups excluding carboxylic acids is 1. The zero-order chi connectivity index (χ0) is 18.7. The van der Waals surface area contributed by atoms with E-state index in [2.05, 4.69) is 15.7 Å². The first-order chi connectivity index (χ1) is 12.4. The number of amides is 1. The molecule has 2 heterocycles. The van der Waals surface area contributed by atoms with Crippen molar-refractivity contribution in [2.45, 2.75) is 38.8 Å². The predicted octanol–water partition coefficient (Wildman–Crippen LogP) is 2.39. The summed E-state index contributed by atoms with van der Waals surface area (Å²) < 4.78 is 7.54. The van der Waals surface area contributed by atoms with Crippen LogP contribution in [0.1, 0.15) is 43.9 Å². The van der Waals surface area contributed by atoms with E-state index < -0.39 is 0 Å². The lowest BCUT2D eigenvalue weighted by molar-refractivity contribution is -0.125. The van der Waals surface area contributed by atoms with Gasteiger partial charge in [0, 0.05) is 32.3 Å². The van der Waals surface area contributed by atoms with Gasteiger partial charge in [-0.2, -0.15) is 5.10 Å². The minimum atomic E-state index is -0.0863. The van der Waals surface area contributed by atoms with Crippen molar-refractivity contribution in [2.24, 2.45) is 13.0 Å². The Labute approximate surface area is 154 Å². The van der Waals surface area contributed by atoms with Gasteiger partial charge in [-0.1, -0.05) is 12.1 Å². The monoisotopic (exact) mass is 356 g/mol. The highest BCUT2D eigenvalue weighted by molar-refractivity contribution is 5.81. The van der Waals surface area contributed by atoms with E-state index in [-0.39, 0.29) is 29.9 Å². The molecule has 1 saturated heterocycles. The number of benzene rings is 1. The van der Waals surface area contributed by atoms with Crippen LogP contribution < -0.4 is 15.4 Å². The maximum atomic E-state index is 12.9. The number of rotatable bonds is 6. The molecular formula is C20H28N4O2. The summed E-state index contributed by atoms with van der Waals surface area (Å²) in [6.45, 7) is 7.51. The van der Waals surface area contributed by atoms with Crippen LogP contribution in [0.3, 0.4) is 0 Å². The zero-order valence-corrected chi connectivity index (χ0v) is 15.9. The Hall–Kier alpha value is -2.34. The van der Waals surface area contributed by atoms with Gasteiger partial charge in [0.25, 0.3) is 0 Å². The molecular weight excluding hydrogens is 328 g/mol. The predicted molar refractivity (Wildman–Crippen MR) is 101 cm³/mol. The Morgan fingerprint density at radius 2 is 2.15 bits per heavy atom. The maximum absolute atomic E-state index is 12.9. The second-order valence-corrected chi connectivity index (χ2v) is 7.29. The first-order valence-corrected chi connectivity index (χ1v) is 9.20. The molecule has 1 unspecified atom stereocenters. The molecule has 1 amide bonds. The topological polar surface area (TPSA) is 68.2 Å². The SMILES string of the molecule is CC(C)Oc1cccc(C(C)NC(=O)[C@H]2CNC[C@@H]2c2cnn(C)c2)c1. The molecule has 2 N–H and O–H groups in total. The molecule has 1 aromatic carbocycles. The molecule has 0 radical (unpaired) electrons. The summed E-state index contributed by atoms with van der Waals surface area (Å²) in [5.41, 5.74) is 2.15. The second-order valence-electron chi connectivity index (χ2n) is 7.29. The van der Waals surface area contributed by atoms with Gasteiger partial charge in [-0.05, 0) is 44.0 Å². The standard InChI is InChI=1S/C20H28N4O2/c1-13(2)26-17-7-5-6-15(8-17)14(3)23-20(25)19-11-21-10-18(19)16-9-22-24(4)12-16/h5-9,12-14,18-19,21H,10-11H2,1-4H3,(H,23,25)/t14?,18-,19+/m1/s1. The number of carbonyl (C=O) groups is 1. The van der Waals surface area contributed by atoms with Crippen molar-refractivity contribution < 1.29 is 9.53 Å². The lowest BCUT2D eigenvalue weighted by Gasteiger charge is -2.21. The van der Waals surface area contributed by atoms with Crippen molar-refractivity contribution in [1.82, 2.24) is 20.4 Å². The number of hydrogen-bond donors (Lipinski definition) is 2. The quantitative estimate of drug-likeness (QED) is 0.834. The summed E-state index contributed by atoms with van der Waals surface area (Å²) in [4.78, 5) is 12.9. The molecule has 1 aromatic heterocycles. The van der Waals surface area contributed by atoms with Crippen LogP contribution in [0.15, 0.2) is 36.7 Å². The number of nitrogens with one attached hydrogen (secondary N) is 2. The fourth-order valence-corrected chi connectivity index (χ4v) is 3.47. The molecule has 1 fully saturated rings. The molecule has 26 heavy (non-hydrogen) atoms. The lowest BCUT2D eigenvalue weighted by Crippen LogP contribution is -2.36. The number of nitrogens with zero attached hydrogens (tertiary/aromatic N) is 2. The van der Waals surface area contributed by atoms with Crippen LogP contribution in [0.25, 0.3) is 0 Å². The van der Waals surface area contributed by atoms with Gasteiger partial charge in [0.15, 0.2) is 0 Å². The highest BCUT2D eigenvalue weighted by atomic mass is 16.5. The van der Waals surface area contributed by atoms with Crippen molar-refractivity contribution in [3.8, 4) is 5.75 Å². The molecule has 6 heteroatoms. The smallest absolute Gasteiger partial charge is 0.225 e. The molecule has 0 bridgehead atoms.